The Bertz CT molecular complexity index is 402. The van der Waals surface area contributed by atoms with E-state index in [1.807, 2.05) is 34.6 Å². The minimum absolute atomic E-state index is 0.252. The number of rotatable bonds is 14. The van der Waals surface area contributed by atoms with E-state index in [1.165, 1.54) is 44.9 Å². The van der Waals surface area contributed by atoms with Gasteiger partial charge in [-0.15, -0.1) is 0 Å². The van der Waals surface area contributed by atoms with Crippen LogP contribution in [0.3, 0.4) is 0 Å². The number of hydrogen-bond acceptors (Lipinski definition) is 4. The van der Waals surface area contributed by atoms with E-state index in [0.29, 0.717) is 13.2 Å². The summed E-state index contributed by atoms with van der Waals surface area (Å²) in [7, 11) is 0. The van der Waals surface area contributed by atoms with Crippen LogP contribution < -0.4 is 5.32 Å². The number of amides is 1. The second-order valence-corrected chi connectivity index (χ2v) is 8.93. The van der Waals surface area contributed by atoms with Crippen LogP contribution in [0.15, 0.2) is 0 Å². The largest absolute Gasteiger partial charge is 0.464 e. The molecule has 1 N–H and O–H groups in total. The Kier molecular flexibility index (Phi) is 14.1. The lowest BCUT2D eigenvalue weighted by atomic mass is 9.87. The zero-order chi connectivity index (χ0) is 20.7. The normalized spacial score (nSPS) is 12.7. The number of unbranched alkanes of at least 4 members (excludes halogenated alkanes) is 8. The van der Waals surface area contributed by atoms with Crippen LogP contribution in [0.2, 0.25) is 0 Å². The average molecular weight is 386 g/mol. The van der Waals surface area contributed by atoms with E-state index < -0.39 is 17.6 Å². The van der Waals surface area contributed by atoms with Gasteiger partial charge in [0.15, 0.2) is 0 Å². The SMILES string of the molecule is CCCCCCCCCCCOC(=O)C(NC(=O)OCC(C)C)C(C)(C)C. The van der Waals surface area contributed by atoms with E-state index in [4.69, 9.17) is 9.47 Å². The van der Waals surface area contributed by atoms with Crippen LogP contribution >= 0.6 is 0 Å². The summed E-state index contributed by atoms with van der Waals surface area (Å²) in [4.78, 5) is 24.3. The van der Waals surface area contributed by atoms with E-state index in [-0.39, 0.29) is 11.9 Å². The predicted molar refractivity (Wildman–Crippen MR) is 111 cm³/mol. The van der Waals surface area contributed by atoms with Gasteiger partial charge in [0.05, 0.1) is 13.2 Å². The van der Waals surface area contributed by atoms with Crippen molar-refractivity contribution in [1.82, 2.24) is 5.32 Å². The molecule has 0 aromatic rings. The highest BCUT2D eigenvalue weighted by molar-refractivity contribution is 5.82. The molecule has 0 aliphatic heterocycles. The van der Waals surface area contributed by atoms with Gasteiger partial charge in [0.1, 0.15) is 6.04 Å². The summed E-state index contributed by atoms with van der Waals surface area (Å²) in [5, 5.41) is 2.66. The van der Waals surface area contributed by atoms with E-state index in [2.05, 4.69) is 12.2 Å². The lowest BCUT2D eigenvalue weighted by molar-refractivity contribution is -0.149. The van der Waals surface area contributed by atoms with Crippen molar-refractivity contribution >= 4 is 12.1 Å². The van der Waals surface area contributed by atoms with Gasteiger partial charge in [-0.2, -0.15) is 0 Å². The summed E-state index contributed by atoms with van der Waals surface area (Å²) < 4.78 is 10.5. The minimum atomic E-state index is -0.712. The quantitative estimate of drug-likeness (QED) is 0.300. The molecule has 0 aromatic heterocycles. The number of nitrogens with one attached hydrogen (secondary N) is 1. The third-order valence-corrected chi connectivity index (χ3v) is 4.40. The van der Waals surface area contributed by atoms with Crippen molar-refractivity contribution in [3.05, 3.63) is 0 Å². The van der Waals surface area contributed by atoms with Crippen LogP contribution in [0, 0.1) is 11.3 Å². The molecule has 1 unspecified atom stereocenters. The summed E-state index contributed by atoms with van der Waals surface area (Å²) in [6.07, 6.45) is 10.4. The van der Waals surface area contributed by atoms with Gasteiger partial charge in [0.25, 0.3) is 0 Å². The molecule has 0 rings (SSSR count). The van der Waals surface area contributed by atoms with Crippen LogP contribution in [0.25, 0.3) is 0 Å². The molecule has 0 radical (unpaired) electrons. The minimum Gasteiger partial charge on any atom is -0.464 e. The number of hydrogen-bond donors (Lipinski definition) is 1. The Morgan fingerprint density at radius 3 is 1.85 bits per heavy atom. The molecule has 0 saturated heterocycles. The topological polar surface area (TPSA) is 64.6 Å². The maximum atomic E-state index is 12.4. The van der Waals surface area contributed by atoms with E-state index in [9.17, 15) is 9.59 Å². The molecule has 0 spiro atoms. The maximum absolute atomic E-state index is 12.4. The summed E-state index contributed by atoms with van der Waals surface area (Å²) >= 11 is 0. The molecule has 5 nitrogen and oxygen atoms in total. The first-order valence-electron chi connectivity index (χ1n) is 10.8. The molecule has 0 aliphatic carbocycles. The lowest BCUT2D eigenvalue weighted by Gasteiger charge is -2.29. The summed E-state index contributed by atoms with van der Waals surface area (Å²) in [5.74, 6) is -0.133. The molecule has 5 heteroatoms. The molecule has 160 valence electrons. The van der Waals surface area contributed by atoms with Crippen molar-refractivity contribution in [3.8, 4) is 0 Å². The zero-order valence-corrected chi connectivity index (χ0v) is 18.6. The molecular formula is C22H43NO4. The predicted octanol–water partition coefficient (Wildman–Crippen LogP) is 5.86. The first-order valence-corrected chi connectivity index (χ1v) is 10.8. The van der Waals surface area contributed by atoms with Crippen LogP contribution in [0.4, 0.5) is 4.79 Å². The van der Waals surface area contributed by atoms with Gasteiger partial charge in [0, 0.05) is 0 Å². The standard InChI is InChI=1S/C22H43NO4/c1-7-8-9-10-11-12-13-14-15-16-26-20(24)19(22(4,5)6)23-21(25)27-17-18(2)3/h18-19H,7-17H2,1-6H3,(H,23,25). The number of carbonyl (C=O) groups excluding carboxylic acids is 2. The van der Waals surface area contributed by atoms with Crippen molar-refractivity contribution in [2.75, 3.05) is 13.2 Å². The third kappa shape index (κ3) is 14.5. The molecule has 0 fully saturated rings. The molecule has 1 amide bonds. The van der Waals surface area contributed by atoms with Gasteiger partial charge in [-0.25, -0.2) is 9.59 Å². The van der Waals surface area contributed by atoms with Crippen molar-refractivity contribution in [3.63, 3.8) is 0 Å². The van der Waals surface area contributed by atoms with Crippen LogP contribution in [-0.2, 0) is 14.3 Å². The van der Waals surface area contributed by atoms with Crippen molar-refractivity contribution in [2.45, 2.75) is 105 Å². The fourth-order valence-electron chi connectivity index (χ4n) is 2.70. The maximum Gasteiger partial charge on any atom is 0.407 e. The summed E-state index contributed by atoms with van der Waals surface area (Å²) in [5.41, 5.74) is -0.438. The number of ether oxygens (including phenoxy) is 2. The highest BCUT2D eigenvalue weighted by atomic mass is 16.6. The van der Waals surface area contributed by atoms with Gasteiger partial charge in [0.2, 0.25) is 0 Å². The highest BCUT2D eigenvalue weighted by Gasteiger charge is 2.34. The van der Waals surface area contributed by atoms with E-state index in [1.54, 1.807) is 0 Å². The van der Waals surface area contributed by atoms with Crippen LogP contribution in [0.5, 0.6) is 0 Å². The Labute approximate surface area is 167 Å². The van der Waals surface area contributed by atoms with E-state index in [0.717, 1.165) is 12.8 Å². The number of esters is 1. The monoisotopic (exact) mass is 385 g/mol. The summed E-state index contributed by atoms with van der Waals surface area (Å²) in [6, 6.07) is -0.712. The molecule has 1 atom stereocenters. The van der Waals surface area contributed by atoms with Gasteiger partial charge in [-0.05, 0) is 17.8 Å². The number of alkyl carbamates (subject to hydrolysis) is 1. The van der Waals surface area contributed by atoms with E-state index >= 15 is 0 Å². The second kappa shape index (κ2) is 14.8. The fourth-order valence-corrected chi connectivity index (χ4v) is 2.70. The first kappa shape index (κ1) is 25.7. The Morgan fingerprint density at radius 1 is 0.852 bits per heavy atom. The third-order valence-electron chi connectivity index (χ3n) is 4.40. The molecule has 0 aliphatic rings. The van der Waals surface area contributed by atoms with Gasteiger partial charge in [-0.3, -0.25) is 0 Å². The Balaban J connectivity index is 4.05. The van der Waals surface area contributed by atoms with Crippen LogP contribution in [0.1, 0.15) is 99.3 Å². The zero-order valence-electron chi connectivity index (χ0n) is 18.6. The second-order valence-electron chi connectivity index (χ2n) is 8.93. The van der Waals surface area contributed by atoms with Crippen molar-refractivity contribution < 1.29 is 19.1 Å². The molecule has 0 aromatic carbocycles. The Morgan fingerprint density at radius 2 is 1.37 bits per heavy atom. The van der Waals surface area contributed by atoms with Crippen LogP contribution in [-0.4, -0.2) is 31.3 Å². The molecular weight excluding hydrogens is 342 g/mol. The summed E-state index contributed by atoms with van der Waals surface area (Å²) in [6.45, 7) is 12.6. The molecule has 0 bridgehead atoms. The first-order chi connectivity index (χ1) is 12.7. The van der Waals surface area contributed by atoms with Crippen molar-refractivity contribution in [2.24, 2.45) is 11.3 Å². The van der Waals surface area contributed by atoms with Gasteiger partial charge >= 0.3 is 12.1 Å². The van der Waals surface area contributed by atoms with Gasteiger partial charge < -0.3 is 14.8 Å². The highest BCUT2D eigenvalue weighted by Crippen LogP contribution is 2.21. The van der Waals surface area contributed by atoms with Gasteiger partial charge in [-0.1, -0.05) is 92.9 Å². The smallest absolute Gasteiger partial charge is 0.407 e. The molecule has 0 heterocycles. The Hall–Kier alpha value is -1.26. The average Bonchev–Trinajstić information content (AvgIpc) is 2.58. The molecule has 0 saturated carbocycles. The molecule has 27 heavy (non-hydrogen) atoms. The van der Waals surface area contributed by atoms with Crippen molar-refractivity contribution in [1.29, 1.82) is 0 Å². The number of carbonyl (C=O) groups is 2. The fraction of sp³-hybridized carbons (Fsp3) is 0.909. The lowest BCUT2D eigenvalue weighted by Crippen LogP contribution is -2.50.